The van der Waals surface area contributed by atoms with Crippen LogP contribution in [0.1, 0.15) is 0 Å². The topological polar surface area (TPSA) is 82.3 Å². The number of hydrazone groups is 1. The van der Waals surface area contributed by atoms with Crippen LogP contribution in [0, 0.1) is 23.0 Å². The zero-order valence-electron chi connectivity index (χ0n) is 10.2. The summed E-state index contributed by atoms with van der Waals surface area (Å²) >= 11 is 1.15. The molecule has 0 aliphatic heterocycles. The van der Waals surface area contributed by atoms with Crippen LogP contribution >= 0.6 is 11.3 Å². The first-order valence-corrected chi connectivity index (χ1v) is 7.84. The Labute approximate surface area is 123 Å². The third kappa shape index (κ3) is 3.24. The van der Waals surface area contributed by atoms with Gasteiger partial charge in [-0.05, 0) is 23.6 Å². The minimum Gasteiger partial charge on any atom is -0.274 e. The van der Waals surface area contributed by atoms with Crippen LogP contribution in [0.5, 0.6) is 0 Å². The van der Waals surface area contributed by atoms with E-state index >= 15 is 0 Å². The number of sulfone groups is 1. The van der Waals surface area contributed by atoms with Gasteiger partial charge in [0.15, 0.2) is 5.82 Å². The van der Waals surface area contributed by atoms with Gasteiger partial charge >= 0.3 is 0 Å². The Morgan fingerprint density at radius 3 is 2.67 bits per heavy atom. The van der Waals surface area contributed by atoms with E-state index in [2.05, 4.69) is 10.5 Å². The first-order chi connectivity index (χ1) is 9.95. The maximum Gasteiger partial charge on any atom is 0.256 e. The maximum atomic E-state index is 13.4. The number of anilines is 1. The number of halogens is 2. The van der Waals surface area contributed by atoms with Crippen LogP contribution in [0.3, 0.4) is 0 Å². The molecule has 0 aliphatic carbocycles. The predicted molar refractivity (Wildman–Crippen MR) is 74.5 cm³/mol. The van der Waals surface area contributed by atoms with Crippen molar-refractivity contribution in [3.63, 3.8) is 0 Å². The molecule has 21 heavy (non-hydrogen) atoms. The fourth-order valence-corrected chi connectivity index (χ4v) is 3.39. The predicted octanol–water partition coefficient (Wildman–Crippen LogP) is 2.75. The Morgan fingerprint density at radius 2 is 2.10 bits per heavy atom. The third-order valence-corrected chi connectivity index (χ3v) is 4.76. The number of hydrogen-bond donors (Lipinski definition) is 1. The van der Waals surface area contributed by atoms with E-state index in [1.54, 1.807) is 0 Å². The number of thiophene rings is 1. The number of rotatable bonds is 3. The second-order valence-corrected chi connectivity index (χ2v) is 6.37. The molecule has 1 aromatic carbocycles. The van der Waals surface area contributed by atoms with Gasteiger partial charge in [0.2, 0.25) is 9.84 Å². The van der Waals surface area contributed by atoms with Crippen LogP contribution in [-0.2, 0) is 9.84 Å². The summed E-state index contributed by atoms with van der Waals surface area (Å²) in [5.74, 6) is -1.74. The normalized spacial score (nSPS) is 12.0. The molecule has 0 atom stereocenters. The molecule has 0 aliphatic rings. The lowest BCUT2D eigenvalue weighted by Crippen LogP contribution is -2.14. The molecule has 0 unspecified atom stereocenters. The molecule has 0 radical (unpaired) electrons. The van der Waals surface area contributed by atoms with Gasteiger partial charge in [0.05, 0.1) is 10.6 Å². The Morgan fingerprint density at radius 1 is 1.33 bits per heavy atom. The van der Waals surface area contributed by atoms with E-state index in [1.165, 1.54) is 22.9 Å². The fourth-order valence-electron chi connectivity index (χ4n) is 1.35. The molecule has 0 fully saturated rings. The summed E-state index contributed by atoms with van der Waals surface area (Å²) in [5, 5.41) is 14.4. The van der Waals surface area contributed by atoms with Crippen LogP contribution in [0.4, 0.5) is 14.5 Å². The van der Waals surface area contributed by atoms with Crippen molar-refractivity contribution in [3.8, 4) is 6.07 Å². The van der Waals surface area contributed by atoms with Crippen LogP contribution in [0.2, 0.25) is 0 Å². The van der Waals surface area contributed by atoms with E-state index in [0.29, 0.717) is 6.07 Å². The molecule has 0 spiro atoms. The molecular weight excluding hydrogens is 320 g/mol. The van der Waals surface area contributed by atoms with Crippen molar-refractivity contribution in [2.75, 3.05) is 5.43 Å². The van der Waals surface area contributed by atoms with Crippen LogP contribution in [0.25, 0.3) is 0 Å². The highest BCUT2D eigenvalue weighted by Gasteiger charge is 2.23. The minimum absolute atomic E-state index is 0.0748. The highest BCUT2D eigenvalue weighted by atomic mass is 32.2. The quantitative estimate of drug-likeness (QED) is 0.534. The molecular formula is C12H7F2N3O2S2. The fraction of sp³-hybridized carbons (Fsp3) is 0. The van der Waals surface area contributed by atoms with E-state index in [4.69, 9.17) is 5.26 Å². The van der Waals surface area contributed by atoms with Crippen molar-refractivity contribution in [1.82, 2.24) is 0 Å². The van der Waals surface area contributed by atoms with Gasteiger partial charge in [-0.3, -0.25) is 5.43 Å². The molecule has 0 amide bonds. The highest BCUT2D eigenvalue weighted by Crippen LogP contribution is 2.18. The molecule has 1 heterocycles. The number of benzene rings is 1. The van der Waals surface area contributed by atoms with Crippen LogP contribution < -0.4 is 5.43 Å². The summed E-state index contributed by atoms with van der Waals surface area (Å²) < 4.78 is 50.2. The summed E-state index contributed by atoms with van der Waals surface area (Å²) in [6.45, 7) is 0. The Hall–Kier alpha value is -2.31. The number of nitrogens with one attached hydrogen (secondary N) is 1. The van der Waals surface area contributed by atoms with Crippen LogP contribution in [-0.4, -0.2) is 13.5 Å². The summed E-state index contributed by atoms with van der Waals surface area (Å²) in [6, 6.07) is 5.39. The molecule has 5 nitrogen and oxygen atoms in total. The van der Waals surface area contributed by atoms with Crippen molar-refractivity contribution < 1.29 is 17.2 Å². The lowest BCUT2D eigenvalue weighted by molar-refractivity contribution is 0.585. The Kier molecular flexibility index (Phi) is 4.30. The molecule has 1 aromatic heterocycles. The molecule has 9 heteroatoms. The van der Waals surface area contributed by atoms with Gasteiger partial charge in [-0.2, -0.15) is 21.7 Å². The second kappa shape index (κ2) is 5.99. The van der Waals surface area contributed by atoms with Crippen molar-refractivity contribution in [3.05, 3.63) is 46.7 Å². The first-order valence-electron chi connectivity index (χ1n) is 5.41. The van der Waals surface area contributed by atoms with E-state index in [9.17, 15) is 17.2 Å². The standard InChI is InChI=1S/C12H7F2N3O2S2/c13-8-1-2-11(10(14)5-8)16-17-12(6-15)21(18,19)9-3-4-20-7-9/h1-5,7,16H/b17-12-. The number of nitriles is 1. The smallest absolute Gasteiger partial charge is 0.256 e. The molecule has 2 aromatic rings. The number of nitrogens with zero attached hydrogens (tertiary/aromatic N) is 2. The summed E-state index contributed by atoms with van der Waals surface area (Å²) in [7, 11) is -4.06. The molecule has 1 N–H and O–H groups in total. The van der Waals surface area contributed by atoms with E-state index in [-0.39, 0.29) is 10.6 Å². The monoisotopic (exact) mass is 327 g/mol. The Balaban J connectivity index is 2.32. The zero-order valence-corrected chi connectivity index (χ0v) is 11.9. The minimum atomic E-state index is -4.06. The molecule has 2 rings (SSSR count). The van der Waals surface area contributed by atoms with Gasteiger partial charge in [-0.15, -0.1) is 0 Å². The van der Waals surface area contributed by atoms with Crippen molar-refractivity contribution in [2.24, 2.45) is 5.10 Å². The van der Waals surface area contributed by atoms with Gasteiger partial charge in [-0.25, -0.2) is 17.2 Å². The van der Waals surface area contributed by atoms with E-state index in [1.807, 2.05) is 0 Å². The van der Waals surface area contributed by atoms with Gasteiger partial charge in [0.25, 0.3) is 5.04 Å². The zero-order chi connectivity index (χ0) is 15.5. The van der Waals surface area contributed by atoms with Crippen molar-refractivity contribution >= 4 is 31.9 Å². The SMILES string of the molecule is N#C/C(=N/Nc1ccc(F)cc1F)S(=O)(=O)c1ccsc1. The van der Waals surface area contributed by atoms with E-state index < -0.39 is 26.5 Å². The summed E-state index contributed by atoms with van der Waals surface area (Å²) in [4.78, 5) is -0.0748. The molecule has 0 saturated carbocycles. The lowest BCUT2D eigenvalue weighted by Gasteiger charge is -2.03. The van der Waals surface area contributed by atoms with Gasteiger partial charge in [0.1, 0.15) is 11.9 Å². The maximum absolute atomic E-state index is 13.4. The average molecular weight is 327 g/mol. The highest BCUT2D eigenvalue weighted by molar-refractivity contribution is 8.07. The van der Waals surface area contributed by atoms with Gasteiger partial charge in [-0.1, -0.05) is 0 Å². The molecule has 0 saturated heterocycles. The third-order valence-electron chi connectivity index (χ3n) is 2.36. The second-order valence-electron chi connectivity index (χ2n) is 3.73. The summed E-state index contributed by atoms with van der Waals surface area (Å²) in [5.41, 5.74) is 1.86. The van der Waals surface area contributed by atoms with Crippen molar-refractivity contribution in [2.45, 2.75) is 4.90 Å². The summed E-state index contributed by atoms with van der Waals surface area (Å²) in [6.07, 6.45) is 0. The number of hydrogen-bond acceptors (Lipinski definition) is 6. The Bertz CT molecular complexity index is 825. The van der Waals surface area contributed by atoms with Crippen molar-refractivity contribution in [1.29, 1.82) is 5.26 Å². The van der Waals surface area contributed by atoms with Gasteiger partial charge < -0.3 is 0 Å². The molecule has 0 bridgehead atoms. The molecule has 108 valence electrons. The van der Waals surface area contributed by atoms with Gasteiger partial charge in [0, 0.05) is 11.4 Å². The van der Waals surface area contributed by atoms with Crippen LogP contribution in [0.15, 0.2) is 45.0 Å². The van der Waals surface area contributed by atoms with E-state index in [0.717, 1.165) is 23.5 Å². The first kappa shape index (κ1) is 15.1. The largest absolute Gasteiger partial charge is 0.274 e. The lowest BCUT2D eigenvalue weighted by atomic mass is 10.3. The average Bonchev–Trinajstić information content (AvgIpc) is 2.96.